The maximum Gasteiger partial charge on any atom is 0.122 e. The van der Waals surface area contributed by atoms with Gasteiger partial charge in [0.1, 0.15) is 11.7 Å². The average Bonchev–Trinajstić information content (AvgIpc) is 2.77. The molecule has 0 aromatic carbocycles. The molecule has 1 rings (SSSR count). The number of hydrogen-bond acceptors (Lipinski definition) is 4. The predicted octanol–water partition coefficient (Wildman–Crippen LogP) is 0.236. The topological polar surface area (TPSA) is 79.7 Å². The van der Waals surface area contributed by atoms with Crippen LogP contribution in [0.3, 0.4) is 0 Å². The summed E-state index contributed by atoms with van der Waals surface area (Å²) in [6.45, 7) is 6.05. The summed E-state index contributed by atoms with van der Waals surface area (Å²) in [5.41, 5.74) is 11.8. The summed E-state index contributed by atoms with van der Waals surface area (Å²) in [4.78, 5) is 6.48. The van der Waals surface area contributed by atoms with E-state index < -0.39 is 0 Å². The fourth-order valence-corrected chi connectivity index (χ4v) is 1.86. The van der Waals surface area contributed by atoms with Gasteiger partial charge in [-0.25, -0.2) is 0 Å². The van der Waals surface area contributed by atoms with Crippen molar-refractivity contribution in [2.45, 2.75) is 38.8 Å². The van der Waals surface area contributed by atoms with E-state index in [2.05, 4.69) is 22.1 Å². The number of hydrogen-bond donors (Lipinski definition) is 3. The third-order valence-electron chi connectivity index (χ3n) is 3.22. The van der Waals surface area contributed by atoms with Crippen LogP contribution in [-0.2, 0) is 0 Å². The lowest BCUT2D eigenvalue weighted by Gasteiger charge is -2.18. The fraction of sp³-hybridized carbons (Fsp3) is 0.750. The summed E-state index contributed by atoms with van der Waals surface area (Å²) in [5, 5.41) is 3.26. The molecule has 0 spiro atoms. The standard InChI is InChI=1S/C12H25N5/c1-4-9(2)16-11(13)7-12(14)17-6-5-10(8-17)15-3/h7,9-10,15H,4-6,8,14H2,1-3H3,(H2,13,16)/b12-7+/t9-,10+/m0/s1. The van der Waals surface area contributed by atoms with E-state index in [0.717, 1.165) is 25.9 Å². The molecule has 0 aliphatic carbocycles. The van der Waals surface area contributed by atoms with E-state index in [1.807, 2.05) is 14.0 Å². The highest BCUT2D eigenvalue weighted by atomic mass is 15.2. The van der Waals surface area contributed by atoms with E-state index in [0.29, 0.717) is 17.7 Å². The lowest BCUT2D eigenvalue weighted by atomic mass is 10.3. The molecule has 98 valence electrons. The molecule has 1 aliphatic rings. The number of rotatable bonds is 5. The van der Waals surface area contributed by atoms with Crippen LogP contribution in [0.4, 0.5) is 0 Å². The lowest BCUT2D eigenvalue weighted by Crippen LogP contribution is -2.32. The molecule has 0 radical (unpaired) electrons. The van der Waals surface area contributed by atoms with Crippen molar-refractivity contribution in [3.63, 3.8) is 0 Å². The van der Waals surface area contributed by atoms with Crippen LogP contribution in [0.25, 0.3) is 0 Å². The molecule has 5 N–H and O–H groups in total. The first-order valence-electron chi connectivity index (χ1n) is 6.29. The number of nitrogens with two attached hydrogens (primary N) is 2. The lowest BCUT2D eigenvalue weighted by molar-refractivity contribution is 0.408. The highest BCUT2D eigenvalue weighted by Crippen LogP contribution is 2.11. The third-order valence-corrected chi connectivity index (χ3v) is 3.22. The number of nitrogens with one attached hydrogen (secondary N) is 1. The van der Waals surface area contributed by atoms with E-state index in [-0.39, 0.29) is 6.04 Å². The highest BCUT2D eigenvalue weighted by Gasteiger charge is 2.21. The normalized spacial score (nSPS) is 24.2. The Morgan fingerprint density at radius 2 is 2.29 bits per heavy atom. The van der Waals surface area contributed by atoms with Crippen molar-refractivity contribution in [1.82, 2.24) is 10.2 Å². The van der Waals surface area contributed by atoms with Gasteiger partial charge in [-0.1, -0.05) is 6.92 Å². The van der Waals surface area contributed by atoms with Crippen LogP contribution < -0.4 is 16.8 Å². The second kappa shape index (κ2) is 6.49. The summed E-state index contributed by atoms with van der Waals surface area (Å²) in [5.74, 6) is 1.23. The van der Waals surface area contributed by atoms with Crippen LogP contribution >= 0.6 is 0 Å². The van der Waals surface area contributed by atoms with Crippen LogP contribution in [0.2, 0.25) is 0 Å². The smallest absolute Gasteiger partial charge is 0.122 e. The summed E-state index contributed by atoms with van der Waals surface area (Å²) >= 11 is 0. The molecule has 0 aromatic heterocycles. The molecule has 0 aromatic rings. The third kappa shape index (κ3) is 4.26. The Kier molecular flexibility index (Phi) is 5.28. The average molecular weight is 239 g/mol. The Morgan fingerprint density at radius 1 is 1.59 bits per heavy atom. The van der Waals surface area contributed by atoms with E-state index >= 15 is 0 Å². The van der Waals surface area contributed by atoms with Gasteiger partial charge in [-0.3, -0.25) is 4.99 Å². The Morgan fingerprint density at radius 3 is 2.82 bits per heavy atom. The molecule has 1 fully saturated rings. The Balaban J connectivity index is 2.57. The Labute approximate surface area is 104 Å². The minimum atomic E-state index is 0.252. The van der Waals surface area contributed by atoms with Crippen molar-refractivity contribution in [2.75, 3.05) is 20.1 Å². The highest BCUT2D eigenvalue weighted by molar-refractivity contribution is 5.91. The van der Waals surface area contributed by atoms with Gasteiger partial charge in [0.2, 0.25) is 0 Å². The summed E-state index contributed by atoms with van der Waals surface area (Å²) in [7, 11) is 1.98. The van der Waals surface area contributed by atoms with Crippen LogP contribution in [0.15, 0.2) is 16.9 Å². The molecular weight excluding hydrogens is 214 g/mol. The SMILES string of the molecule is CC[C@H](C)N=C(N)/C=C(\N)N1CC[C@@H](NC)C1. The second-order valence-electron chi connectivity index (χ2n) is 4.60. The first-order chi connectivity index (χ1) is 8.06. The van der Waals surface area contributed by atoms with Gasteiger partial charge in [0.15, 0.2) is 0 Å². The van der Waals surface area contributed by atoms with Gasteiger partial charge in [-0.05, 0) is 26.8 Å². The van der Waals surface area contributed by atoms with Crippen LogP contribution in [0, 0.1) is 0 Å². The summed E-state index contributed by atoms with van der Waals surface area (Å²) in [6, 6.07) is 0.775. The quantitative estimate of drug-likeness (QED) is 0.474. The maximum atomic E-state index is 6.01. The van der Waals surface area contributed by atoms with Gasteiger partial charge in [-0.2, -0.15) is 0 Å². The van der Waals surface area contributed by atoms with Crippen LogP contribution in [0.1, 0.15) is 26.7 Å². The Hall–Kier alpha value is -1.23. The summed E-state index contributed by atoms with van der Waals surface area (Å²) < 4.78 is 0. The molecule has 1 heterocycles. The minimum absolute atomic E-state index is 0.252. The van der Waals surface area contributed by atoms with Gasteiger partial charge < -0.3 is 21.7 Å². The van der Waals surface area contributed by atoms with Crippen molar-refractivity contribution in [3.05, 3.63) is 11.9 Å². The van der Waals surface area contributed by atoms with Gasteiger partial charge in [0, 0.05) is 31.2 Å². The molecule has 5 nitrogen and oxygen atoms in total. The molecule has 0 amide bonds. The molecule has 2 atom stereocenters. The monoisotopic (exact) mass is 239 g/mol. The molecule has 17 heavy (non-hydrogen) atoms. The summed E-state index contributed by atoms with van der Waals surface area (Å²) in [6.07, 6.45) is 3.87. The molecule has 0 bridgehead atoms. The largest absolute Gasteiger partial charge is 0.385 e. The first-order valence-corrected chi connectivity index (χ1v) is 6.29. The van der Waals surface area contributed by atoms with Crippen molar-refractivity contribution < 1.29 is 0 Å². The van der Waals surface area contributed by atoms with Crippen molar-refractivity contribution >= 4 is 5.84 Å². The zero-order valence-corrected chi connectivity index (χ0v) is 11.1. The predicted molar refractivity (Wildman–Crippen MR) is 72.7 cm³/mol. The van der Waals surface area contributed by atoms with Crippen molar-refractivity contribution in [2.24, 2.45) is 16.5 Å². The van der Waals surface area contributed by atoms with Crippen molar-refractivity contribution in [1.29, 1.82) is 0 Å². The van der Waals surface area contributed by atoms with Gasteiger partial charge in [0.25, 0.3) is 0 Å². The fourth-order valence-electron chi connectivity index (χ4n) is 1.86. The molecular formula is C12H25N5. The minimum Gasteiger partial charge on any atom is -0.385 e. The molecule has 5 heteroatoms. The van der Waals surface area contributed by atoms with Crippen LogP contribution in [0.5, 0.6) is 0 Å². The zero-order valence-electron chi connectivity index (χ0n) is 11.1. The number of likely N-dealkylation sites (N-methyl/N-ethyl adjacent to an activating group) is 1. The second-order valence-corrected chi connectivity index (χ2v) is 4.60. The maximum absolute atomic E-state index is 6.01. The molecule has 0 saturated carbocycles. The zero-order chi connectivity index (χ0) is 12.8. The molecule has 1 aliphatic heterocycles. The van der Waals surface area contributed by atoms with E-state index in [1.54, 1.807) is 6.08 Å². The van der Waals surface area contributed by atoms with Gasteiger partial charge in [0.05, 0.1) is 0 Å². The van der Waals surface area contributed by atoms with Gasteiger partial charge in [-0.15, -0.1) is 0 Å². The molecule has 0 unspecified atom stereocenters. The van der Waals surface area contributed by atoms with E-state index in [9.17, 15) is 0 Å². The van der Waals surface area contributed by atoms with Crippen molar-refractivity contribution in [3.8, 4) is 0 Å². The van der Waals surface area contributed by atoms with E-state index in [4.69, 9.17) is 11.5 Å². The number of aliphatic imine (C=N–C) groups is 1. The first kappa shape index (κ1) is 13.8. The van der Waals surface area contributed by atoms with Gasteiger partial charge >= 0.3 is 0 Å². The number of amidine groups is 1. The number of nitrogens with zero attached hydrogens (tertiary/aromatic N) is 2. The van der Waals surface area contributed by atoms with E-state index in [1.165, 1.54) is 0 Å². The van der Waals surface area contributed by atoms with Crippen LogP contribution in [-0.4, -0.2) is 43.0 Å². The Bertz CT molecular complexity index is 297. The molecule has 1 saturated heterocycles. The number of likely N-dealkylation sites (tertiary alicyclic amines) is 1.